The van der Waals surface area contributed by atoms with Crippen molar-refractivity contribution in [1.29, 1.82) is 0 Å². The van der Waals surface area contributed by atoms with Crippen molar-refractivity contribution >= 4 is 45.7 Å². The van der Waals surface area contributed by atoms with Gasteiger partial charge >= 0.3 is 0 Å². The van der Waals surface area contributed by atoms with Gasteiger partial charge in [0.2, 0.25) is 0 Å². The standard InChI is InChI=1S/C13H16FIN2OS/c1-8(2)17(6-5-12(16)19)13(18)10-4-3-9(14)7-11(10)15/h3-4,7-8H,5-6H2,1-2H3,(H2,16,19). The monoisotopic (exact) mass is 394 g/mol. The van der Waals surface area contributed by atoms with Gasteiger partial charge in [-0.1, -0.05) is 12.2 Å². The Morgan fingerprint density at radius 2 is 2.16 bits per heavy atom. The molecule has 0 heterocycles. The summed E-state index contributed by atoms with van der Waals surface area (Å²) in [5.41, 5.74) is 5.97. The van der Waals surface area contributed by atoms with Crippen LogP contribution >= 0.6 is 34.8 Å². The van der Waals surface area contributed by atoms with Gasteiger partial charge in [-0.3, -0.25) is 4.79 Å². The van der Waals surface area contributed by atoms with Crippen LogP contribution in [0.4, 0.5) is 4.39 Å². The van der Waals surface area contributed by atoms with Crippen LogP contribution in [0.15, 0.2) is 18.2 Å². The van der Waals surface area contributed by atoms with Crippen molar-refractivity contribution < 1.29 is 9.18 Å². The molecule has 104 valence electrons. The van der Waals surface area contributed by atoms with Crippen LogP contribution in [-0.4, -0.2) is 28.4 Å². The molecule has 0 spiro atoms. The van der Waals surface area contributed by atoms with E-state index in [9.17, 15) is 9.18 Å². The van der Waals surface area contributed by atoms with E-state index in [-0.39, 0.29) is 17.8 Å². The number of thiocarbonyl (C=S) groups is 1. The molecule has 19 heavy (non-hydrogen) atoms. The van der Waals surface area contributed by atoms with E-state index < -0.39 is 0 Å². The summed E-state index contributed by atoms with van der Waals surface area (Å²) in [6.45, 7) is 4.32. The van der Waals surface area contributed by atoms with E-state index >= 15 is 0 Å². The van der Waals surface area contributed by atoms with E-state index in [4.69, 9.17) is 18.0 Å². The summed E-state index contributed by atoms with van der Waals surface area (Å²) < 4.78 is 13.7. The van der Waals surface area contributed by atoms with Crippen molar-refractivity contribution in [2.24, 2.45) is 5.73 Å². The molecule has 0 radical (unpaired) electrons. The van der Waals surface area contributed by atoms with Crippen LogP contribution in [0.3, 0.4) is 0 Å². The molecule has 0 saturated heterocycles. The molecule has 0 aliphatic rings. The van der Waals surface area contributed by atoms with Crippen LogP contribution in [0.25, 0.3) is 0 Å². The van der Waals surface area contributed by atoms with Crippen molar-refractivity contribution in [3.8, 4) is 0 Å². The molecule has 0 atom stereocenters. The lowest BCUT2D eigenvalue weighted by Crippen LogP contribution is -2.39. The van der Waals surface area contributed by atoms with Gasteiger partial charge < -0.3 is 10.6 Å². The zero-order chi connectivity index (χ0) is 14.6. The highest BCUT2D eigenvalue weighted by Crippen LogP contribution is 2.17. The highest BCUT2D eigenvalue weighted by atomic mass is 127. The first-order chi connectivity index (χ1) is 8.82. The number of carbonyl (C=O) groups excluding carboxylic acids is 1. The number of halogens is 2. The van der Waals surface area contributed by atoms with Gasteiger partial charge in [0.15, 0.2) is 0 Å². The molecule has 1 aromatic carbocycles. The van der Waals surface area contributed by atoms with Crippen molar-refractivity contribution in [2.45, 2.75) is 26.3 Å². The molecule has 0 saturated carbocycles. The number of nitrogens with zero attached hydrogens (tertiary/aromatic N) is 1. The summed E-state index contributed by atoms with van der Waals surface area (Å²) >= 11 is 6.80. The van der Waals surface area contributed by atoms with Gasteiger partial charge in [-0.05, 0) is 54.6 Å². The zero-order valence-electron chi connectivity index (χ0n) is 10.8. The molecule has 1 rings (SSSR count). The lowest BCUT2D eigenvalue weighted by atomic mass is 10.1. The maximum absolute atomic E-state index is 13.1. The van der Waals surface area contributed by atoms with E-state index in [1.165, 1.54) is 18.2 Å². The third-order valence-electron chi connectivity index (χ3n) is 2.64. The summed E-state index contributed by atoms with van der Waals surface area (Å²) in [5.74, 6) is -0.476. The predicted molar refractivity (Wildman–Crippen MR) is 86.7 cm³/mol. The predicted octanol–water partition coefficient (Wildman–Crippen LogP) is 2.96. The molecule has 1 amide bonds. The Morgan fingerprint density at radius 1 is 1.53 bits per heavy atom. The molecule has 6 heteroatoms. The Hall–Kier alpha value is -0.760. The van der Waals surface area contributed by atoms with E-state index in [2.05, 4.69) is 0 Å². The number of hydrogen-bond acceptors (Lipinski definition) is 2. The Kier molecular flexibility index (Phi) is 6.12. The highest BCUT2D eigenvalue weighted by Gasteiger charge is 2.20. The smallest absolute Gasteiger partial charge is 0.255 e. The Labute approximate surface area is 131 Å². The van der Waals surface area contributed by atoms with Gasteiger partial charge in [-0.15, -0.1) is 0 Å². The van der Waals surface area contributed by atoms with Crippen LogP contribution in [0.5, 0.6) is 0 Å². The lowest BCUT2D eigenvalue weighted by Gasteiger charge is -2.27. The molecule has 0 unspecified atom stereocenters. The van der Waals surface area contributed by atoms with Gasteiger partial charge in [-0.2, -0.15) is 0 Å². The first-order valence-electron chi connectivity index (χ1n) is 5.87. The molecular formula is C13H16FIN2OS. The second-order valence-electron chi connectivity index (χ2n) is 4.43. The minimum atomic E-state index is -0.347. The molecule has 0 aliphatic heterocycles. The first kappa shape index (κ1) is 16.3. The Balaban J connectivity index is 2.95. The number of amides is 1. The SMILES string of the molecule is CC(C)N(CCC(N)=S)C(=O)c1ccc(F)cc1I. The fourth-order valence-corrected chi connectivity index (χ4v) is 2.44. The fraction of sp³-hybridized carbons (Fsp3) is 0.385. The normalized spacial score (nSPS) is 10.6. The third-order valence-corrected chi connectivity index (χ3v) is 3.74. The second-order valence-corrected chi connectivity index (χ2v) is 6.12. The largest absolute Gasteiger partial charge is 0.393 e. The van der Waals surface area contributed by atoms with E-state index in [0.717, 1.165) is 0 Å². The molecule has 3 nitrogen and oxygen atoms in total. The molecule has 0 aliphatic carbocycles. The van der Waals surface area contributed by atoms with Crippen LogP contribution in [0, 0.1) is 9.39 Å². The van der Waals surface area contributed by atoms with Crippen molar-refractivity contribution in [3.63, 3.8) is 0 Å². The van der Waals surface area contributed by atoms with Gasteiger partial charge in [0.1, 0.15) is 5.82 Å². The lowest BCUT2D eigenvalue weighted by molar-refractivity contribution is 0.0710. The maximum atomic E-state index is 13.1. The topological polar surface area (TPSA) is 46.3 Å². The van der Waals surface area contributed by atoms with E-state index in [0.29, 0.717) is 27.1 Å². The van der Waals surface area contributed by atoms with Crippen LogP contribution in [0.1, 0.15) is 30.6 Å². The second kappa shape index (κ2) is 7.14. The molecule has 0 aromatic heterocycles. The van der Waals surface area contributed by atoms with Gasteiger partial charge in [0.25, 0.3) is 5.91 Å². The van der Waals surface area contributed by atoms with Gasteiger partial charge in [0, 0.05) is 22.6 Å². The maximum Gasteiger partial charge on any atom is 0.255 e. The van der Waals surface area contributed by atoms with Crippen molar-refractivity contribution in [3.05, 3.63) is 33.1 Å². The Bertz CT molecular complexity index is 494. The number of benzene rings is 1. The summed E-state index contributed by atoms with van der Waals surface area (Å²) in [6.07, 6.45) is 0.483. The summed E-state index contributed by atoms with van der Waals surface area (Å²) in [7, 11) is 0. The average Bonchev–Trinajstić information content (AvgIpc) is 2.27. The molecule has 0 fully saturated rings. The average molecular weight is 394 g/mol. The number of hydrogen-bond donors (Lipinski definition) is 1. The highest BCUT2D eigenvalue weighted by molar-refractivity contribution is 14.1. The van der Waals surface area contributed by atoms with Crippen LogP contribution in [-0.2, 0) is 0 Å². The Morgan fingerprint density at radius 3 is 2.63 bits per heavy atom. The van der Waals surface area contributed by atoms with E-state index in [1.54, 1.807) is 4.90 Å². The molecule has 1 aromatic rings. The molecular weight excluding hydrogens is 378 g/mol. The molecule has 0 bridgehead atoms. The zero-order valence-corrected chi connectivity index (χ0v) is 13.8. The summed E-state index contributed by atoms with van der Waals surface area (Å²) in [6, 6.07) is 4.18. The third kappa shape index (κ3) is 4.68. The van der Waals surface area contributed by atoms with Crippen LogP contribution in [0.2, 0.25) is 0 Å². The first-order valence-corrected chi connectivity index (χ1v) is 7.36. The van der Waals surface area contributed by atoms with Gasteiger partial charge in [-0.25, -0.2) is 4.39 Å². The number of carbonyl (C=O) groups is 1. The van der Waals surface area contributed by atoms with Crippen LogP contribution < -0.4 is 5.73 Å². The van der Waals surface area contributed by atoms with E-state index in [1.807, 2.05) is 36.4 Å². The summed E-state index contributed by atoms with van der Waals surface area (Å²) in [4.78, 5) is 14.5. The fourth-order valence-electron chi connectivity index (χ4n) is 1.64. The van der Waals surface area contributed by atoms with Crippen molar-refractivity contribution in [2.75, 3.05) is 6.54 Å². The quantitative estimate of drug-likeness (QED) is 0.617. The molecule has 2 N–H and O–H groups in total. The minimum absolute atomic E-state index is 0.0303. The van der Waals surface area contributed by atoms with Gasteiger partial charge in [0.05, 0.1) is 10.6 Å². The summed E-state index contributed by atoms with van der Waals surface area (Å²) in [5, 5.41) is 0. The number of nitrogens with two attached hydrogens (primary N) is 1. The minimum Gasteiger partial charge on any atom is -0.393 e. The van der Waals surface area contributed by atoms with Crippen molar-refractivity contribution in [1.82, 2.24) is 4.90 Å². The number of rotatable bonds is 5.